The number of carbonyl (C=O) groups is 2. The summed E-state index contributed by atoms with van der Waals surface area (Å²) < 4.78 is 5.00. The zero-order valence-electron chi connectivity index (χ0n) is 11.4. The van der Waals surface area contributed by atoms with Crippen molar-refractivity contribution in [2.45, 2.75) is 20.3 Å². The molecular formula is C14H16N2O3S. The van der Waals surface area contributed by atoms with E-state index in [0.29, 0.717) is 5.69 Å². The highest BCUT2D eigenvalue weighted by Gasteiger charge is 2.12. The van der Waals surface area contributed by atoms with Gasteiger partial charge in [-0.3, -0.25) is 9.59 Å². The average molecular weight is 292 g/mol. The Hall–Kier alpha value is -1.95. The van der Waals surface area contributed by atoms with E-state index in [1.165, 1.54) is 11.3 Å². The number of nitrogens with zero attached hydrogens (tertiary/aromatic N) is 1. The summed E-state index contributed by atoms with van der Waals surface area (Å²) in [5.41, 5.74) is 1.59. The van der Waals surface area contributed by atoms with Gasteiger partial charge in [-0.05, 0) is 6.07 Å². The van der Waals surface area contributed by atoms with Crippen molar-refractivity contribution in [3.63, 3.8) is 0 Å². The van der Waals surface area contributed by atoms with Crippen LogP contribution in [0.3, 0.4) is 0 Å². The van der Waals surface area contributed by atoms with Crippen LogP contribution in [0.15, 0.2) is 28.4 Å². The summed E-state index contributed by atoms with van der Waals surface area (Å²) in [7, 11) is 0. The predicted molar refractivity (Wildman–Crippen MR) is 76.4 cm³/mol. The van der Waals surface area contributed by atoms with Crippen LogP contribution in [-0.2, 0) is 16.0 Å². The minimum atomic E-state index is -0.192. The van der Waals surface area contributed by atoms with E-state index in [9.17, 15) is 9.59 Å². The van der Waals surface area contributed by atoms with E-state index in [2.05, 4.69) is 10.3 Å². The zero-order chi connectivity index (χ0) is 14.5. The molecule has 1 N–H and O–H groups in total. The highest BCUT2D eigenvalue weighted by atomic mass is 32.1. The van der Waals surface area contributed by atoms with E-state index in [0.717, 1.165) is 10.6 Å². The van der Waals surface area contributed by atoms with Gasteiger partial charge in [-0.2, -0.15) is 0 Å². The Kier molecular flexibility index (Phi) is 4.68. The SMILES string of the molecule is CC(C)C(=O)CNC(=O)Cc1csc(-c2ccoc2)n1. The highest BCUT2D eigenvalue weighted by Crippen LogP contribution is 2.23. The molecule has 2 aromatic rings. The molecule has 2 aromatic heterocycles. The van der Waals surface area contributed by atoms with Gasteiger partial charge in [0.15, 0.2) is 5.78 Å². The van der Waals surface area contributed by atoms with Crippen molar-refractivity contribution in [1.82, 2.24) is 10.3 Å². The molecule has 6 heteroatoms. The van der Waals surface area contributed by atoms with Crippen LogP contribution >= 0.6 is 11.3 Å². The lowest BCUT2D eigenvalue weighted by Gasteiger charge is -2.05. The van der Waals surface area contributed by atoms with Crippen molar-refractivity contribution in [3.8, 4) is 10.6 Å². The Bertz CT molecular complexity index is 587. The molecule has 20 heavy (non-hydrogen) atoms. The van der Waals surface area contributed by atoms with Gasteiger partial charge in [-0.1, -0.05) is 13.8 Å². The molecular weight excluding hydrogens is 276 g/mol. The van der Waals surface area contributed by atoms with E-state index in [-0.39, 0.29) is 30.6 Å². The molecule has 0 saturated carbocycles. The zero-order valence-corrected chi connectivity index (χ0v) is 12.2. The summed E-state index contributed by atoms with van der Waals surface area (Å²) in [6.45, 7) is 3.70. The second-order valence-electron chi connectivity index (χ2n) is 4.73. The summed E-state index contributed by atoms with van der Waals surface area (Å²) in [5.74, 6) is -0.235. The molecule has 0 radical (unpaired) electrons. The number of hydrogen-bond acceptors (Lipinski definition) is 5. The maximum atomic E-state index is 11.7. The lowest BCUT2D eigenvalue weighted by atomic mass is 10.1. The van der Waals surface area contributed by atoms with Crippen molar-refractivity contribution >= 4 is 23.0 Å². The fourth-order valence-corrected chi connectivity index (χ4v) is 2.33. The van der Waals surface area contributed by atoms with E-state index in [1.807, 2.05) is 25.3 Å². The van der Waals surface area contributed by atoms with Crippen LogP contribution in [0.4, 0.5) is 0 Å². The largest absolute Gasteiger partial charge is 0.472 e. The fourth-order valence-electron chi connectivity index (χ4n) is 1.52. The Morgan fingerprint density at radius 2 is 2.25 bits per heavy atom. The molecule has 5 nitrogen and oxygen atoms in total. The summed E-state index contributed by atoms with van der Waals surface area (Å²) in [4.78, 5) is 27.5. The van der Waals surface area contributed by atoms with Crippen LogP contribution in [0, 0.1) is 5.92 Å². The molecule has 2 heterocycles. The Morgan fingerprint density at radius 1 is 1.45 bits per heavy atom. The third-order valence-electron chi connectivity index (χ3n) is 2.77. The lowest BCUT2D eigenvalue weighted by molar-refractivity contribution is -0.126. The predicted octanol–water partition coefficient (Wildman–Crippen LogP) is 2.29. The first-order chi connectivity index (χ1) is 9.56. The summed E-state index contributed by atoms with van der Waals surface area (Å²) >= 11 is 1.46. The van der Waals surface area contributed by atoms with Crippen LogP contribution < -0.4 is 5.32 Å². The Labute approximate surface area is 121 Å². The van der Waals surface area contributed by atoms with Crippen molar-refractivity contribution < 1.29 is 14.0 Å². The van der Waals surface area contributed by atoms with Gasteiger partial charge in [-0.25, -0.2) is 4.98 Å². The number of amides is 1. The Morgan fingerprint density at radius 3 is 2.90 bits per heavy atom. The van der Waals surface area contributed by atoms with Crippen LogP contribution in [0.5, 0.6) is 0 Å². The number of rotatable bonds is 6. The molecule has 0 saturated heterocycles. The van der Waals surface area contributed by atoms with Gasteiger partial charge in [0.25, 0.3) is 0 Å². The van der Waals surface area contributed by atoms with Gasteiger partial charge in [-0.15, -0.1) is 11.3 Å². The van der Waals surface area contributed by atoms with E-state index < -0.39 is 0 Å². The van der Waals surface area contributed by atoms with Crippen LogP contribution in [0.25, 0.3) is 10.6 Å². The molecule has 0 aliphatic rings. The van der Waals surface area contributed by atoms with Crippen LogP contribution in [0.2, 0.25) is 0 Å². The first-order valence-electron chi connectivity index (χ1n) is 6.32. The number of furan rings is 1. The topological polar surface area (TPSA) is 72.2 Å². The molecule has 0 fully saturated rings. The van der Waals surface area contributed by atoms with Gasteiger partial charge in [0.1, 0.15) is 11.3 Å². The molecule has 0 aliphatic heterocycles. The smallest absolute Gasteiger partial charge is 0.226 e. The second-order valence-corrected chi connectivity index (χ2v) is 5.59. The first-order valence-corrected chi connectivity index (χ1v) is 7.20. The Balaban J connectivity index is 1.87. The number of thiazole rings is 1. The van der Waals surface area contributed by atoms with Gasteiger partial charge >= 0.3 is 0 Å². The van der Waals surface area contributed by atoms with E-state index in [1.54, 1.807) is 12.5 Å². The van der Waals surface area contributed by atoms with Gasteiger partial charge in [0.05, 0.1) is 24.9 Å². The standard InChI is InChI=1S/C14H16N2O3S/c1-9(2)12(17)6-15-13(18)5-11-8-20-14(16-11)10-3-4-19-7-10/h3-4,7-9H,5-6H2,1-2H3,(H,15,18). The number of aromatic nitrogens is 1. The summed E-state index contributed by atoms with van der Waals surface area (Å²) in [5, 5.41) is 5.27. The first kappa shape index (κ1) is 14.5. The monoisotopic (exact) mass is 292 g/mol. The molecule has 0 aliphatic carbocycles. The molecule has 106 valence electrons. The van der Waals surface area contributed by atoms with Crippen molar-refractivity contribution in [2.24, 2.45) is 5.92 Å². The van der Waals surface area contributed by atoms with Gasteiger partial charge in [0, 0.05) is 16.9 Å². The summed E-state index contributed by atoms with van der Waals surface area (Å²) in [6, 6.07) is 1.82. The van der Waals surface area contributed by atoms with Crippen LogP contribution in [0.1, 0.15) is 19.5 Å². The molecule has 2 rings (SSSR count). The average Bonchev–Trinajstić information content (AvgIpc) is 3.05. The molecule has 0 bridgehead atoms. The maximum Gasteiger partial charge on any atom is 0.226 e. The molecule has 1 amide bonds. The van der Waals surface area contributed by atoms with Gasteiger partial charge in [0.2, 0.25) is 5.91 Å². The van der Waals surface area contributed by atoms with Crippen molar-refractivity contribution in [3.05, 3.63) is 29.7 Å². The second kappa shape index (κ2) is 6.47. The normalized spacial score (nSPS) is 10.8. The lowest BCUT2D eigenvalue weighted by Crippen LogP contribution is -2.32. The number of ketones is 1. The third-order valence-corrected chi connectivity index (χ3v) is 3.71. The minimum absolute atomic E-state index is 0.0238. The third kappa shape index (κ3) is 3.77. The maximum absolute atomic E-state index is 11.7. The van der Waals surface area contributed by atoms with Gasteiger partial charge < -0.3 is 9.73 Å². The quantitative estimate of drug-likeness (QED) is 0.886. The fraction of sp³-hybridized carbons (Fsp3) is 0.357. The minimum Gasteiger partial charge on any atom is -0.472 e. The molecule has 0 spiro atoms. The van der Waals surface area contributed by atoms with E-state index >= 15 is 0 Å². The van der Waals surface area contributed by atoms with Crippen molar-refractivity contribution in [1.29, 1.82) is 0 Å². The summed E-state index contributed by atoms with van der Waals surface area (Å²) in [6.07, 6.45) is 3.38. The number of hydrogen-bond donors (Lipinski definition) is 1. The van der Waals surface area contributed by atoms with Crippen molar-refractivity contribution in [2.75, 3.05) is 6.54 Å². The van der Waals surface area contributed by atoms with Crippen LogP contribution in [-0.4, -0.2) is 23.2 Å². The number of Topliss-reactive ketones (excluding diaryl/α,β-unsaturated/α-hetero) is 1. The number of carbonyl (C=O) groups excluding carboxylic acids is 2. The molecule has 0 atom stereocenters. The highest BCUT2D eigenvalue weighted by molar-refractivity contribution is 7.13. The van der Waals surface area contributed by atoms with E-state index in [4.69, 9.17) is 4.42 Å². The molecule has 0 unspecified atom stereocenters. The molecule has 0 aromatic carbocycles. The number of nitrogens with one attached hydrogen (secondary N) is 1.